The Hall–Kier alpha value is -2.89. The van der Waals surface area contributed by atoms with Crippen LogP contribution in [-0.4, -0.2) is 41.9 Å². The van der Waals surface area contributed by atoms with Crippen LogP contribution in [0.15, 0.2) is 48.5 Å². The van der Waals surface area contributed by atoms with E-state index in [-0.39, 0.29) is 17.5 Å². The summed E-state index contributed by atoms with van der Waals surface area (Å²) in [5.74, 6) is 0.0856. The van der Waals surface area contributed by atoms with Crippen molar-refractivity contribution in [3.8, 4) is 5.75 Å². The van der Waals surface area contributed by atoms with Gasteiger partial charge in [0.2, 0.25) is 0 Å². The number of carbonyl (C=O) groups is 2. The highest BCUT2D eigenvalue weighted by Crippen LogP contribution is 2.28. The van der Waals surface area contributed by atoms with Crippen LogP contribution in [0.1, 0.15) is 61.9 Å². The fourth-order valence-corrected chi connectivity index (χ4v) is 3.88. The Labute approximate surface area is 183 Å². The monoisotopic (exact) mass is 426 g/mol. The van der Waals surface area contributed by atoms with Crippen LogP contribution >= 0.6 is 0 Å². The third-order valence-electron chi connectivity index (χ3n) is 5.72. The van der Waals surface area contributed by atoms with Crippen LogP contribution in [0.5, 0.6) is 5.75 Å². The third kappa shape index (κ3) is 5.63. The fourth-order valence-electron chi connectivity index (χ4n) is 3.88. The highest BCUT2D eigenvalue weighted by atomic mass is 19.1. The van der Waals surface area contributed by atoms with Crippen LogP contribution in [0.25, 0.3) is 0 Å². The number of benzene rings is 2. The van der Waals surface area contributed by atoms with E-state index in [1.165, 1.54) is 12.1 Å². The van der Waals surface area contributed by atoms with Gasteiger partial charge in [-0.2, -0.15) is 0 Å². The minimum Gasteiger partial charge on any atom is -0.480 e. The number of nitrogens with one attached hydrogen (secondary N) is 1. The Morgan fingerprint density at radius 3 is 2.39 bits per heavy atom. The maximum atomic E-state index is 13.8. The lowest BCUT2D eigenvalue weighted by atomic mass is 10.0. The molecule has 0 spiro atoms. The predicted molar refractivity (Wildman–Crippen MR) is 119 cm³/mol. The minimum atomic E-state index is -0.538. The molecule has 1 saturated heterocycles. The molecular weight excluding hydrogens is 395 g/mol. The van der Waals surface area contributed by atoms with Crippen molar-refractivity contribution in [2.24, 2.45) is 0 Å². The first kappa shape index (κ1) is 22.8. The van der Waals surface area contributed by atoms with Gasteiger partial charge >= 0.3 is 0 Å². The average Bonchev–Trinajstić information content (AvgIpc) is 2.78. The average molecular weight is 427 g/mol. The summed E-state index contributed by atoms with van der Waals surface area (Å²) in [6.45, 7) is 7.22. The molecule has 0 aliphatic carbocycles. The van der Waals surface area contributed by atoms with Crippen LogP contribution in [0, 0.1) is 5.82 Å². The van der Waals surface area contributed by atoms with Crippen LogP contribution < -0.4 is 10.1 Å². The van der Waals surface area contributed by atoms with E-state index >= 15 is 0 Å². The molecule has 2 amide bonds. The molecule has 31 heavy (non-hydrogen) atoms. The number of nitrogens with zero attached hydrogens (tertiary/aromatic N) is 1. The van der Waals surface area contributed by atoms with Gasteiger partial charge in [-0.25, -0.2) is 4.39 Å². The Morgan fingerprint density at radius 2 is 1.74 bits per heavy atom. The van der Waals surface area contributed by atoms with Gasteiger partial charge < -0.3 is 15.0 Å². The molecule has 166 valence electrons. The Bertz CT molecular complexity index is 907. The highest BCUT2D eigenvalue weighted by molar-refractivity contribution is 5.94. The van der Waals surface area contributed by atoms with Gasteiger partial charge in [0.25, 0.3) is 11.8 Å². The fraction of sp³-hybridized carbons (Fsp3) is 0.440. The zero-order chi connectivity index (χ0) is 22.4. The van der Waals surface area contributed by atoms with Gasteiger partial charge in [0.15, 0.2) is 6.10 Å². The molecule has 2 aromatic carbocycles. The molecule has 1 N–H and O–H groups in total. The molecule has 0 bridgehead atoms. The highest BCUT2D eigenvalue weighted by Gasteiger charge is 2.30. The maximum absolute atomic E-state index is 13.8. The maximum Gasteiger partial charge on any atom is 0.263 e. The molecule has 0 aromatic heterocycles. The van der Waals surface area contributed by atoms with Crippen molar-refractivity contribution in [2.75, 3.05) is 13.1 Å². The van der Waals surface area contributed by atoms with Crippen molar-refractivity contribution in [1.29, 1.82) is 0 Å². The van der Waals surface area contributed by atoms with Crippen molar-refractivity contribution in [3.05, 3.63) is 65.5 Å². The second kappa shape index (κ2) is 10.4. The summed E-state index contributed by atoms with van der Waals surface area (Å²) in [5, 5.41) is 2.89. The zero-order valence-electron chi connectivity index (χ0n) is 18.4. The number of rotatable bonds is 7. The molecule has 1 aliphatic heterocycles. The molecule has 2 aromatic rings. The molecule has 0 radical (unpaired) electrons. The van der Waals surface area contributed by atoms with Crippen LogP contribution in [0.4, 0.5) is 4.39 Å². The number of hydrogen-bond donors (Lipinski definition) is 1. The summed E-state index contributed by atoms with van der Waals surface area (Å²) >= 11 is 0. The summed E-state index contributed by atoms with van der Waals surface area (Å²) in [6, 6.07) is 13.7. The standard InChI is InChI=1S/C25H31FN2O3/c1-4-22(31-23-12-8-6-9-19(23)17(2)3)25(30)28-15-13-18(14-16-28)27-24(29)20-10-5-7-11-21(20)26/h5-12,17-18,22H,4,13-16H2,1-3H3,(H,27,29). The van der Waals surface area contributed by atoms with Gasteiger partial charge in [0.05, 0.1) is 5.56 Å². The van der Waals surface area contributed by atoms with Gasteiger partial charge in [-0.15, -0.1) is 0 Å². The molecular formula is C25H31FN2O3. The number of amides is 2. The summed E-state index contributed by atoms with van der Waals surface area (Å²) in [7, 11) is 0. The van der Waals surface area contributed by atoms with Gasteiger partial charge in [0, 0.05) is 19.1 Å². The van der Waals surface area contributed by atoms with Gasteiger partial charge in [-0.05, 0) is 48.9 Å². The topological polar surface area (TPSA) is 58.6 Å². The number of likely N-dealkylation sites (tertiary alicyclic amines) is 1. The molecule has 1 unspecified atom stereocenters. The first-order valence-corrected chi connectivity index (χ1v) is 11.0. The van der Waals surface area contributed by atoms with Gasteiger partial charge in [0.1, 0.15) is 11.6 Å². The predicted octanol–water partition coefficient (Wildman–Crippen LogP) is 4.53. The van der Waals surface area contributed by atoms with E-state index in [4.69, 9.17) is 4.74 Å². The van der Waals surface area contributed by atoms with E-state index in [1.807, 2.05) is 31.2 Å². The lowest BCUT2D eigenvalue weighted by Gasteiger charge is -2.34. The van der Waals surface area contributed by atoms with E-state index in [1.54, 1.807) is 17.0 Å². The van der Waals surface area contributed by atoms with E-state index in [2.05, 4.69) is 19.2 Å². The molecule has 1 heterocycles. The largest absolute Gasteiger partial charge is 0.480 e. The number of ether oxygens (including phenoxy) is 1. The van der Waals surface area contributed by atoms with E-state index in [0.717, 1.165) is 11.3 Å². The summed E-state index contributed by atoms with van der Waals surface area (Å²) in [4.78, 5) is 27.2. The van der Waals surface area contributed by atoms with Crippen molar-refractivity contribution in [2.45, 2.75) is 58.1 Å². The number of para-hydroxylation sites is 1. The molecule has 1 fully saturated rings. The Balaban J connectivity index is 1.56. The number of hydrogen-bond acceptors (Lipinski definition) is 3. The van der Waals surface area contributed by atoms with Crippen molar-refractivity contribution >= 4 is 11.8 Å². The molecule has 1 aliphatic rings. The van der Waals surface area contributed by atoms with Gasteiger partial charge in [-0.3, -0.25) is 9.59 Å². The summed E-state index contributed by atoms with van der Waals surface area (Å²) < 4.78 is 20.0. The molecule has 3 rings (SSSR count). The molecule has 1 atom stereocenters. The minimum absolute atomic E-state index is 0.0278. The van der Waals surface area contributed by atoms with E-state index in [0.29, 0.717) is 38.3 Å². The first-order valence-electron chi connectivity index (χ1n) is 11.0. The summed E-state index contributed by atoms with van der Waals surface area (Å²) in [6.07, 6.45) is 1.30. The first-order chi connectivity index (χ1) is 14.9. The number of piperidine rings is 1. The third-order valence-corrected chi connectivity index (χ3v) is 5.72. The normalized spacial score (nSPS) is 15.6. The Kier molecular flexibility index (Phi) is 7.66. The number of carbonyl (C=O) groups excluding carboxylic acids is 2. The second-order valence-electron chi connectivity index (χ2n) is 8.26. The smallest absolute Gasteiger partial charge is 0.263 e. The van der Waals surface area contributed by atoms with E-state index in [9.17, 15) is 14.0 Å². The lowest BCUT2D eigenvalue weighted by molar-refractivity contribution is -0.140. The second-order valence-corrected chi connectivity index (χ2v) is 8.26. The van der Waals surface area contributed by atoms with E-state index < -0.39 is 17.8 Å². The van der Waals surface area contributed by atoms with Crippen LogP contribution in [0.3, 0.4) is 0 Å². The lowest BCUT2D eigenvalue weighted by Crippen LogP contribution is -2.50. The summed E-state index contributed by atoms with van der Waals surface area (Å²) in [5.41, 5.74) is 1.13. The van der Waals surface area contributed by atoms with Crippen molar-refractivity contribution in [1.82, 2.24) is 10.2 Å². The quantitative estimate of drug-likeness (QED) is 0.708. The molecule has 5 nitrogen and oxygen atoms in total. The van der Waals surface area contributed by atoms with Crippen LogP contribution in [-0.2, 0) is 4.79 Å². The molecule has 6 heteroatoms. The number of halogens is 1. The SMILES string of the molecule is CCC(Oc1ccccc1C(C)C)C(=O)N1CCC(NC(=O)c2ccccc2F)CC1. The van der Waals surface area contributed by atoms with Crippen molar-refractivity contribution in [3.63, 3.8) is 0 Å². The van der Waals surface area contributed by atoms with Gasteiger partial charge in [-0.1, -0.05) is 51.1 Å². The van der Waals surface area contributed by atoms with Crippen LogP contribution in [0.2, 0.25) is 0 Å². The molecule has 0 saturated carbocycles. The zero-order valence-corrected chi connectivity index (χ0v) is 18.4. The Morgan fingerprint density at radius 1 is 1.10 bits per heavy atom. The van der Waals surface area contributed by atoms with Crippen molar-refractivity contribution < 1.29 is 18.7 Å².